The van der Waals surface area contributed by atoms with Gasteiger partial charge in [-0.1, -0.05) is 0 Å². The molecule has 16 heavy (non-hydrogen) atoms. The Bertz CT molecular complexity index is 393. The number of aliphatic carboxylic acids is 1. The second kappa shape index (κ2) is 4.82. The number of anilines is 1. The van der Waals surface area contributed by atoms with Crippen LogP contribution in [0.25, 0.3) is 0 Å². The molecule has 0 aliphatic heterocycles. The van der Waals surface area contributed by atoms with Crippen LogP contribution < -0.4 is 10.5 Å². The van der Waals surface area contributed by atoms with Crippen molar-refractivity contribution in [2.24, 2.45) is 0 Å². The van der Waals surface area contributed by atoms with Crippen LogP contribution in [0.2, 0.25) is 0 Å². The molecule has 6 nitrogen and oxygen atoms in total. The molecule has 0 heterocycles. The summed E-state index contributed by atoms with van der Waals surface area (Å²) in [5.74, 6) is -1.12. The van der Waals surface area contributed by atoms with E-state index in [0.717, 1.165) is 0 Å². The fourth-order valence-corrected chi connectivity index (χ4v) is 1.25. The van der Waals surface area contributed by atoms with Crippen LogP contribution >= 0.6 is 0 Å². The molecule has 0 spiro atoms. The molecule has 1 aromatic carbocycles. The zero-order valence-electron chi connectivity index (χ0n) is 8.62. The predicted octanol–water partition coefficient (Wildman–Crippen LogP) is -0.244. The number of carboxylic acids is 1. The molecule has 2 unspecified atom stereocenters. The minimum atomic E-state index is -1.90. The largest absolute Gasteiger partial charge is 0.497 e. The highest BCUT2D eigenvalue weighted by atomic mass is 16.5. The Morgan fingerprint density at radius 3 is 2.50 bits per heavy atom. The molecule has 1 aromatic rings. The molecule has 5 N–H and O–H groups in total. The van der Waals surface area contributed by atoms with E-state index in [-0.39, 0.29) is 5.56 Å². The summed E-state index contributed by atoms with van der Waals surface area (Å²) in [7, 11) is 1.42. The zero-order chi connectivity index (χ0) is 12.3. The molecule has 0 fully saturated rings. The van der Waals surface area contributed by atoms with Crippen LogP contribution in [0.15, 0.2) is 18.2 Å². The lowest BCUT2D eigenvalue weighted by Crippen LogP contribution is -2.27. The van der Waals surface area contributed by atoms with Crippen LogP contribution in [0.5, 0.6) is 5.75 Å². The highest BCUT2D eigenvalue weighted by Gasteiger charge is 2.25. The van der Waals surface area contributed by atoms with Crippen molar-refractivity contribution in [3.63, 3.8) is 0 Å². The van der Waals surface area contributed by atoms with Gasteiger partial charge >= 0.3 is 5.97 Å². The minimum absolute atomic E-state index is 0.187. The average molecular weight is 227 g/mol. The third-order valence-electron chi connectivity index (χ3n) is 2.08. The number of aliphatic hydroxyl groups excluding tert-OH is 2. The van der Waals surface area contributed by atoms with Crippen molar-refractivity contribution in [3.8, 4) is 5.75 Å². The van der Waals surface area contributed by atoms with Crippen LogP contribution in [-0.2, 0) is 4.79 Å². The smallest absolute Gasteiger partial charge is 0.335 e. The van der Waals surface area contributed by atoms with Gasteiger partial charge < -0.3 is 25.8 Å². The Labute approximate surface area is 91.9 Å². The second-order valence-corrected chi connectivity index (χ2v) is 3.27. The van der Waals surface area contributed by atoms with E-state index < -0.39 is 18.2 Å². The number of hydrogen-bond acceptors (Lipinski definition) is 5. The number of rotatable bonds is 4. The van der Waals surface area contributed by atoms with E-state index in [0.29, 0.717) is 11.4 Å². The fourth-order valence-electron chi connectivity index (χ4n) is 1.25. The molecule has 88 valence electrons. The Balaban J connectivity index is 3.03. The molecule has 0 aliphatic carbocycles. The number of hydrogen-bond donors (Lipinski definition) is 4. The molecular formula is C10H13NO5. The van der Waals surface area contributed by atoms with E-state index >= 15 is 0 Å². The van der Waals surface area contributed by atoms with Gasteiger partial charge in [0.15, 0.2) is 6.10 Å². The summed E-state index contributed by atoms with van der Waals surface area (Å²) < 4.78 is 4.91. The van der Waals surface area contributed by atoms with Crippen molar-refractivity contribution < 1.29 is 24.9 Å². The summed E-state index contributed by atoms with van der Waals surface area (Å²) in [5.41, 5.74) is 6.03. The van der Waals surface area contributed by atoms with Gasteiger partial charge in [0, 0.05) is 11.8 Å². The molecular weight excluding hydrogens is 214 g/mol. The van der Waals surface area contributed by atoms with Crippen molar-refractivity contribution in [1.29, 1.82) is 0 Å². The molecule has 0 aliphatic rings. The Morgan fingerprint density at radius 1 is 1.38 bits per heavy atom. The molecule has 1 rings (SSSR count). The lowest BCUT2D eigenvalue weighted by atomic mass is 10.0. The van der Waals surface area contributed by atoms with Gasteiger partial charge in [0.05, 0.1) is 7.11 Å². The maximum absolute atomic E-state index is 10.5. The molecule has 0 amide bonds. The molecule has 0 saturated carbocycles. The average Bonchev–Trinajstić information content (AvgIpc) is 2.25. The first-order valence-electron chi connectivity index (χ1n) is 4.49. The van der Waals surface area contributed by atoms with Crippen LogP contribution in [0, 0.1) is 0 Å². The van der Waals surface area contributed by atoms with E-state index in [1.54, 1.807) is 0 Å². The molecule has 0 bridgehead atoms. The van der Waals surface area contributed by atoms with E-state index in [1.807, 2.05) is 0 Å². The maximum atomic E-state index is 10.5. The third-order valence-corrected chi connectivity index (χ3v) is 2.08. The number of methoxy groups -OCH3 is 1. The van der Waals surface area contributed by atoms with Gasteiger partial charge in [-0.2, -0.15) is 0 Å². The summed E-state index contributed by atoms with van der Waals surface area (Å²) in [6.45, 7) is 0. The van der Waals surface area contributed by atoms with Crippen LogP contribution in [0.4, 0.5) is 5.69 Å². The lowest BCUT2D eigenvalue weighted by molar-refractivity contribution is -0.153. The van der Waals surface area contributed by atoms with E-state index in [9.17, 15) is 15.0 Å². The number of ether oxygens (including phenoxy) is 1. The van der Waals surface area contributed by atoms with Crippen molar-refractivity contribution in [2.75, 3.05) is 12.8 Å². The first kappa shape index (κ1) is 12.3. The summed E-state index contributed by atoms with van der Waals surface area (Å²) in [6.07, 6.45) is -3.44. The summed E-state index contributed by atoms with van der Waals surface area (Å²) in [5, 5.41) is 27.3. The van der Waals surface area contributed by atoms with Gasteiger partial charge in [-0.05, 0) is 17.7 Å². The van der Waals surface area contributed by atoms with Gasteiger partial charge in [-0.25, -0.2) is 4.79 Å². The van der Waals surface area contributed by atoms with Crippen LogP contribution in [-0.4, -0.2) is 34.5 Å². The fraction of sp³-hybridized carbons (Fsp3) is 0.300. The van der Waals surface area contributed by atoms with Crippen molar-refractivity contribution >= 4 is 11.7 Å². The molecule has 0 radical (unpaired) electrons. The summed E-state index contributed by atoms with van der Waals surface area (Å²) >= 11 is 0. The molecule has 0 aromatic heterocycles. The number of nitrogens with two attached hydrogens (primary N) is 1. The number of aliphatic hydroxyl groups is 2. The summed E-state index contributed by atoms with van der Waals surface area (Å²) in [4.78, 5) is 10.5. The quantitative estimate of drug-likeness (QED) is 0.528. The Morgan fingerprint density at radius 2 is 2.00 bits per heavy atom. The predicted molar refractivity (Wildman–Crippen MR) is 56.0 cm³/mol. The standard InChI is InChI=1S/C10H13NO5/c1-16-7-3-5(2-6(11)4-7)8(12)9(13)10(14)15/h2-4,8-9,12-13H,11H2,1H3,(H,14,15). The Kier molecular flexibility index (Phi) is 3.70. The first-order valence-corrected chi connectivity index (χ1v) is 4.49. The zero-order valence-corrected chi connectivity index (χ0v) is 8.62. The number of nitrogen functional groups attached to an aromatic ring is 1. The summed E-state index contributed by atoms with van der Waals surface area (Å²) in [6, 6.07) is 4.30. The number of benzene rings is 1. The van der Waals surface area contributed by atoms with Gasteiger partial charge in [0.2, 0.25) is 0 Å². The van der Waals surface area contributed by atoms with E-state index in [1.165, 1.54) is 25.3 Å². The third kappa shape index (κ3) is 2.62. The molecule has 0 saturated heterocycles. The highest BCUT2D eigenvalue weighted by Crippen LogP contribution is 2.25. The minimum Gasteiger partial charge on any atom is -0.497 e. The first-order chi connectivity index (χ1) is 7.45. The highest BCUT2D eigenvalue weighted by molar-refractivity contribution is 5.73. The molecule has 6 heteroatoms. The van der Waals surface area contributed by atoms with Crippen molar-refractivity contribution in [1.82, 2.24) is 0 Å². The molecule has 2 atom stereocenters. The SMILES string of the molecule is COc1cc(N)cc(C(O)C(O)C(=O)O)c1. The van der Waals surface area contributed by atoms with Gasteiger partial charge in [0.25, 0.3) is 0 Å². The van der Waals surface area contributed by atoms with Crippen LogP contribution in [0.3, 0.4) is 0 Å². The van der Waals surface area contributed by atoms with Gasteiger partial charge in [-0.15, -0.1) is 0 Å². The normalized spacial score (nSPS) is 14.2. The second-order valence-electron chi connectivity index (χ2n) is 3.27. The van der Waals surface area contributed by atoms with E-state index in [4.69, 9.17) is 15.6 Å². The van der Waals surface area contributed by atoms with Gasteiger partial charge in [-0.3, -0.25) is 0 Å². The lowest BCUT2D eigenvalue weighted by Gasteiger charge is -2.15. The maximum Gasteiger partial charge on any atom is 0.335 e. The van der Waals surface area contributed by atoms with Gasteiger partial charge in [0.1, 0.15) is 11.9 Å². The van der Waals surface area contributed by atoms with Crippen molar-refractivity contribution in [2.45, 2.75) is 12.2 Å². The number of carbonyl (C=O) groups is 1. The van der Waals surface area contributed by atoms with E-state index in [2.05, 4.69) is 0 Å². The topological polar surface area (TPSA) is 113 Å². The van der Waals surface area contributed by atoms with Crippen molar-refractivity contribution in [3.05, 3.63) is 23.8 Å². The Hall–Kier alpha value is -1.79. The number of carboxylic acid groups (broad SMARTS) is 1. The monoisotopic (exact) mass is 227 g/mol. The van der Waals surface area contributed by atoms with Crippen LogP contribution in [0.1, 0.15) is 11.7 Å².